The predicted molar refractivity (Wildman–Crippen MR) is 218 cm³/mol. The molecule has 6 nitrogen and oxygen atoms in total. The Morgan fingerprint density at radius 3 is 1.91 bits per heavy atom. The van der Waals surface area contributed by atoms with E-state index >= 15 is 0 Å². The van der Waals surface area contributed by atoms with Gasteiger partial charge in [-0.2, -0.15) is 13.2 Å². The minimum atomic E-state index is -4.41. The van der Waals surface area contributed by atoms with Crippen LogP contribution in [0.3, 0.4) is 0 Å². The first-order chi connectivity index (χ1) is 27.5. The fourth-order valence-corrected chi connectivity index (χ4v) is 8.90. The number of benzene rings is 6. The molecular formula is C48H42F3NO5. The number of ether oxygens (including phenoxy) is 5. The lowest BCUT2D eigenvalue weighted by atomic mass is 9.76. The molecule has 3 aliphatic rings. The largest absolute Gasteiger partial charge is 0.497 e. The minimum absolute atomic E-state index is 0.522. The summed E-state index contributed by atoms with van der Waals surface area (Å²) < 4.78 is 70.8. The number of alkyl halides is 3. The number of rotatable bonds is 7. The molecule has 9 heteroatoms. The summed E-state index contributed by atoms with van der Waals surface area (Å²) >= 11 is 0. The molecule has 6 aromatic carbocycles. The Bertz CT molecular complexity index is 2540. The molecule has 0 amide bonds. The van der Waals surface area contributed by atoms with E-state index in [1.165, 1.54) is 12.1 Å². The van der Waals surface area contributed by atoms with E-state index in [0.717, 1.165) is 91.9 Å². The summed E-state index contributed by atoms with van der Waals surface area (Å²) in [6, 6.07) is 32.2. The van der Waals surface area contributed by atoms with Gasteiger partial charge in [-0.05, 0) is 99.4 Å². The quantitative estimate of drug-likeness (QED) is 0.161. The van der Waals surface area contributed by atoms with Gasteiger partial charge in [0.15, 0.2) is 17.1 Å². The van der Waals surface area contributed by atoms with Gasteiger partial charge in [-0.3, -0.25) is 0 Å². The van der Waals surface area contributed by atoms with E-state index in [1.807, 2.05) is 42.5 Å². The van der Waals surface area contributed by atoms with Crippen molar-refractivity contribution < 1.29 is 36.9 Å². The number of morpholine rings is 1. The maximum Gasteiger partial charge on any atom is 0.416 e. The van der Waals surface area contributed by atoms with Gasteiger partial charge in [0.05, 0.1) is 40.1 Å². The van der Waals surface area contributed by atoms with Crippen LogP contribution in [0.15, 0.2) is 109 Å². The summed E-state index contributed by atoms with van der Waals surface area (Å²) in [7, 11) is 4.91. The van der Waals surface area contributed by atoms with Crippen LogP contribution in [0.1, 0.15) is 47.2 Å². The number of methoxy groups -OCH3 is 3. The molecule has 0 bridgehead atoms. The fourth-order valence-electron chi connectivity index (χ4n) is 8.90. The molecule has 1 aliphatic carbocycles. The smallest absolute Gasteiger partial charge is 0.416 e. The first-order valence-corrected chi connectivity index (χ1v) is 19.0. The van der Waals surface area contributed by atoms with Gasteiger partial charge in [-0.1, -0.05) is 68.5 Å². The van der Waals surface area contributed by atoms with Crippen molar-refractivity contribution in [1.29, 1.82) is 0 Å². The topological polar surface area (TPSA) is 49.4 Å². The highest BCUT2D eigenvalue weighted by atomic mass is 19.4. The molecule has 1 saturated heterocycles. The molecule has 0 N–H and O–H groups in total. The highest BCUT2D eigenvalue weighted by Crippen LogP contribution is 2.59. The number of fused-ring (bicyclic) bond motifs is 8. The standard InChI is InChI=1S/C48H42F3NO5/c1-46(2)40-26-30(29-6-9-33(10-7-29)48(49,50)51)8-19-36(40)43-38-27-41(54-4)42(55-5)28-39(38)45-37(44(43)46)20-21-47(57-45,32-13-17-35(53-3)18-14-32)31-11-15-34(16-12-31)52-22-24-56-25-23-52/h6-21,26-28H,22-25H2,1-5H3. The van der Waals surface area contributed by atoms with Crippen molar-refractivity contribution in [2.24, 2.45) is 0 Å². The third-order valence-electron chi connectivity index (χ3n) is 11.9. The monoisotopic (exact) mass is 769 g/mol. The second-order valence-corrected chi connectivity index (χ2v) is 15.3. The van der Waals surface area contributed by atoms with Gasteiger partial charge in [-0.15, -0.1) is 0 Å². The number of halogens is 3. The molecule has 2 heterocycles. The van der Waals surface area contributed by atoms with Crippen molar-refractivity contribution in [1.82, 2.24) is 0 Å². The maximum absolute atomic E-state index is 13.4. The molecular weight excluding hydrogens is 728 g/mol. The van der Waals surface area contributed by atoms with E-state index in [-0.39, 0.29) is 0 Å². The van der Waals surface area contributed by atoms with Crippen LogP contribution in [0.4, 0.5) is 18.9 Å². The Balaban J connectivity index is 1.25. The van der Waals surface area contributed by atoms with Gasteiger partial charge < -0.3 is 28.6 Å². The number of hydrogen-bond donors (Lipinski definition) is 0. The Kier molecular flexibility index (Phi) is 8.77. The highest BCUT2D eigenvalue weighted by Gasteiger charge is 2.45. The third kappa shape index (κ3) is 5.90. The fraction of sp³-hybridized carbons (Fsp3) is 0.250. The molecule has 57 heavy (non-hydrogen) atoms. The molecule has 0 aromatic heterocycles. The van der Waals surface area contributed by atoms with Gasteiger partial charge >= 0.3 is 6.18 Å². The van der Waals surface area contributed by atoms with Crippen LogP contribution in [-0.2, 0) is 21.9 Å². The Labute approximate surface area is 330 Å². The molecule has 6 aromatic rings. The zero-order valence-corrected chi connectivity index (χ0v) is 32.4. The molecule has 1 unspecified atom stereocenters. The van der Waals surface area contributed by atoms with Gasteiger partial charge in [0, 0.05) is 46.3 Å². The minimum Gasteiger partial charge on any atom is -0.497 e. The van der Waals surface area contributed by atoms with Crippen LogP contribution in [0.25, 0.3) is 39.1 Å². The SMILES string of the molecule is COc1ccc(C2(c3ccc(N4CCOCC4)cc3)C=Cc3c4c(c5cc(OC)c(OC)cc5c3O2)-c2ccc(-c3ccc(C(F)(F)F)cc3)cc2C4(C)C)cc1. The Hall–Kier alpha value is -5.93. The summed E-state index contributed by atoms with van der Waals surface area (Å²) in [4.78, 5) is 2.33. The molecule has 9 rings (SSSR count). The molecule has 1 fully saturated rings. The summed E-state index contributed by atoms with van der Waals surface area (Å²) in [6.07, 6.45) is -0.0598. The van der Waals surface area contributed by atoms with Crippen molar-refractivity contribution in [2.75, 3.05) is 52.5 Å². The van der Waals surface area contributed by atoms with Crippen molar-refractivity contribution in [3.05, 3.63) is 143 Å². The Morgan fingerprint density at radius 2 is 1.30 bits per heavy atom. The van der Waals surface area contributed by atoms with E-state index < -0.39 is 22.8 Å². The van der Waals surface area contributed by atoms with E-state index in [2.05, 4.69) is 67.3 Å². The number of anilines is 1. The van der Waals surface area contributed by atoms with Crippen LogP contribution >= 0.6 is 0 Å². The number of hydrogen-bond acceptors (Lipinski definition) is 6. The molecule has 0 radical (unpaired) electrons. The van der Waals surface area contributed by atoms with E-state index in [4.69, 9.17) is 23.7 Å². The normalized spacial score (nSPS) is 18.1. The predicted octanol–water partition coefficient (Wildman–Crippen LogP) is 11.0. The average Bonchev–Trinajstić information content (AvgIpc) is 3.49. The summed E-state index contributed by atoms with van der Waals surface area (Å²) in [5, 5.41) is 1.81. The van der Waals surface area contributed by atoms with E-state index in [1.54, 1.807) is 21.3 Å². The summed E-state index contributed by atoms with van der Waals surface area (Å²) in [6.45, 7) is 7.46. The van der Waals surface area contributed by atoms with Crippen molar-refractivity contribution >= 4 is 22.5 Å². The van der Waals surface area contributed by atoms with Crippen molar-refractivity contribution in [3.63, 3.8) is 0 Å². The van der Waals surface area contributed by atoms with Crippen molar-refractivity contribution in [3.8, 4) is 45.3 Å². The van der Waals surface area contributed by atoms with Gasteiger partial charge in [0.2, 0.25) is 0 Å². The molecule has 290 valence electrons. The third-order valence-corrected chi connectivity index (χ3v) is 11.9. The molecule has 0 spiro atoms. The van der Waals surface area contributed by atoms with E-state index in [0.29, 0.717) is 36.0 Å². The van der Waals surface area contributed by atoms with Crippen LogP contribution in [0, 0.1) is 0 Å². The highest BCUT2D eigenvalue weighted by molar-refractivity contribution is 6.10. The zero-order valence-electron chi connectivity index (χ0n) is 32.4. The van der Waals surface area contributed by atoms with Crippen LogP contribution in [0.2, 0.25) is 0 Å². The van der Waals surface area contributed by atoms with E-state index in [9.17, 15) is 13.2 Å². The Morgan fingerprint density at radius 1 is 0.684 bits per heavy atom. The first kappa shape index (κ1) is 36.7. The van der Waals surface area contributed by atoms with Crippen LogP contribution in [-0.4, -0.2) is 47.6 Å². The zero-order chi connectivity index (χ0) is 39.7. The van der Waals surface area contributed by atoms with Crippen LogP contribution < -0.4 is 23.8 Å². The summed E-state index contributed by atoms with van der Waals surface area (Å²) in [5.74, 6) is 2.62. The second-order valence-electron chi connectivity index (χ2n) is 15.3. The first-order valence-electron chi connectivity index (χ1n) is 19.0. The number of nitrogens with zero attached hydrogens (tertiary/aromatic N) is 1. The van der Waals surface area contributed by atoms with Crippen LogP contribution in [0.5, 0.6) is 23.0 Å². The van der Waals surface area contributed by atoms with Crippen molar-refractivity contribution in [2.45, 2.75) is 31.0 Å². The lowest BCUT2D eigenvalue weighted by Gasteiger charge is -2.39. The maximum atomic E-state index is 13.4. The lowest BCUT2D eigenvalue weighted by Crippen LogP contribution is -2.37. The molecule has 1 atom stereocenters. The van der Waals surface area contributed by atoms with Gasteiger partial charge in [0.1, 0.15) is 11.5 Å². The molecule has 0 saturated carbocycles. The molecule has 2 aliphatic heterocycles. The second kappa shape index (κ2) is 13.6. The lowest BCUT2D eigenvalue weighted by molar-refractivity contribution is -0.137. The van der Waals surface area contributed by atoms with Gasteiger partial charge in [0.25, 0.3) is 0 Å². The average molecular weight is 770 g/mol. The summed E-state index contributed by atoms with van der Waals surface area (Å²) in [5.41, 5.74) is 7.59. The van der Waals surface area contributed by atoms with Gasteiger partial charge in [-0.25, -0.2) is 0 Å².